The quantitative estimate of drug-likeness (QED) is 0.171. The van der Waals surface area contributed by atoms with Crippen molar-refractivity contribution < 1.29 is 27.2 Å². The van der Waals surface area contributed by atoms with Crippen LogP contribution in [0.4, 0.5) is 24.5 Å². The molecule has 1 aliphatic rings. The molecule has 1 aliphatic heterocycles. The van der Waals surface area contributed by atoms with Crippen LogP contribution < -0.4 is 9.80 Å². The summed E-state index contributed by atoms with van der Waals surface area (Å²) >= 11 is 5.56. The molecular formula is C28H17F3N2O3S. The Balaban J connectivity index is 1.56. The van der Waals surface area contributed by atoms with Crippen molar-refractivity contribution in [3.63, 3.8) is 0 Å². The van der Waals surface area contributed by atoms with E-state index in [4.69, 9.17) is 16.6 Å². The van der Waals surface area contributed by atoms with E-state index in [1.165, 1.54) is 40.1 Å². The molecule has 1 aromatic heterocycles. The molecule has 0 atom stereocenters. The fraction of sp³-hybridized carbons (Fsp3) is 0.0357. The van der Waals surface area contributed by atoms with E-state index >= 15 is 0 Å². The third-order valence-electron chi connectivity index (χ3n) is 5.67. The fourth-order valence-electron chi connectivity index (χ4n) is 3.92. The number of rotatable bonds is 4. The molecule has 2 heterocycles. The highest BCUT2D eigenvalue weighted by Gasteiger charge is 2.41. The van der Waals surface area contributed by atoms with Gasteiger partial charge in [-0.2, -0.15) is 13.2 Å². The summed E-state index contributed by atoms with van der Waals surface area (Å²) in [4.78, 5) is 29.5. The maximum absolute atomic E-state index is 13.5. The van der Waals surface area contributed by atoms with Crippen molar-refractivity contribution in [2.75, 3.05) is 9.80 Å². The first-order valence-electron chi connectivity index (χ1n) is 11.1. The second-order valence-corrected chi connectivity index (χ2v) is 8.44. The Morgan fingerprint density at radius 1 is 0.730 bits per heavy atom. The van der Waals surface area contributed by atoms with Crippen molar-refractivity contribution in [2.24, 2.45) is 0 Å². The summed E-state index contributed by atoms with van der Waals surface area (Å²) in [5.74, 6) is -1.02. The molecule has 9 heteroatoms. The standard InChI is InChI=1S/C28H17F3N2O3S/c29-28(30,31)19-9-7-8-18(16-19)24-15-14-22(36-24)17-23-25(34)32(20-10-3-1-4-11-20)27(37)33(26(23)35)21-12-5-2-6-13-21/h1-17H. The summed E-state index contributed by atoms with van der Waals surface area (Å²) in [5, 5.41) is -0.00588. The number of furan rings is 1. The second-order valence-electron chi connectivity index (χ2n) is 8.07. The minimum atomic E-state index is -4.51. The number of nitrogens with zero attached hydrogens (tertiary/aromatic N) is 2. The molecule has 5 nitrogen and oxygen atoms in total. The average Bonchev–Trinajstić information content (AvgIpc) is 3.36. The number of halogens is 3. The van der Waals surface area contributed by atoms with Gasteiger partial charge in [-0.15, -0.1) is 0 Å². The van der Waals surface area contributed by atoms with Crippen molar-refractivity contribution >= 4 is 46.6 Å². The third kappa shape index (κ3) is 4.68. The van der Waals surface area contributed by atoms with Gasteiger partial charge in [0.05, 0.1) is 16.9 Å². The van der Waals surface area contributed by atoms with Crippen LogP contribution in [0.15, 0.2) is 107 Å². The Morgan fingerprint density at radius 2 is 1.30 bits per heavy atom. The van der Waals surface area contributed by atoms with Gasteiger partial charge >= 0.3 is 6.18 Å². The number of carbonyl (C=O) groups excluding carboxylic acids is 2. The molecule has 4 aromatic rings. The van der Waals surface area contributed by atoms with E-state index in [9.17, 15) is 22.8 Å². The molecule has 1 saturated heterocycles. The first kappa shape index (κ1) is 24.2. The van der Waals surface area contributed by atoms with Crippen molar-refractivity contribution in [3.05, 3.63) is 114 Å². The summed E-state index contributed by atoms with van der Waals surface area (Å²) < 4.78 is 45.1. The first-order chi connectivity index (χ1) is 17.7. The molecule has 37 heavy (non-hydrogen) atoms. The Bertz CT molecular complexity index is 1470. The molecule has 3 aromatic carbocycles. The number of para-hydroxylation sites is 2. The summed E-state index contributed by atoms with van der Waals surface area (Å²) in [6, 6.07) is 25.0. The Morgan fingerprint density at radius 3 is 1.84 bits per heavy atom. The SMILES string of the molecule is O=C1C(=Cc2ccc(-c3cccc(C(F)(F)F)c3)o2)C(=O)N(c2ccccc2)C(=S)N1c1ccccc1. The highest BCUT2D eigenvalue weighted by atomic mass is 32.1. The minimum absolute atomic E-state index is 0.00588. The summed E-state index contributed by atoms with van der Waals surface area (Å²) in [7, 11) is 0. The van der Waals surface area contributed by atoms with Gasteiger partial charge in [0.15, 0.2) is 5.11 Å². The zero-order valence-corrected chi connectivity index (χ0v) is 19.8. The lowest BCUT2D eigenvalue weighted by Gasteiger charge is -2.36. The Kier molecular flexibility index (Phi) is 6.22. The summed E-state index contributed by atoms with van der Waals surface area (Å²) in [5.41, 5.74) is 0.122. The van der Waals surface area contributed by atoms with Gasteiger partial charge < -0.3 is 4.42 Å². The van der Waals surface area contributed by atoms with Gasteiger partial charge in [-0.05, 0) is 66.8 Å². The van der Waals surface area contributed by atoms with E-state index in [1.807, 2.05) is 0 Å². The van der Waals surface area contributed by atoms with Crippen LogP contribution in [0.2, 0.25) is 0 Å². The van der Waals surface area contributed by atoms with Gasteiger partial charge in [0.1, 0.15) is 17.1 Å². The number of hydrogen-bond acceptors (Lipinski definition) is 4. The topological polar surface area (TPSA) is 53.8 Å². The fourth-order valence-corrected chi connectivity index (χ4v) is 4.29. The molecule has 0 saturated carbocycles. The van der Waals surface area contributed by atoms with Gasteiger partial charge in [-0.1, -0.05) is 48.5 Å². The van der Waals surface area contributed by atoms with Crippen LogP contribution in [0.1, 0.15) is 11.3 Å². The smallest absolute Gasteiger partial charge is 0.416 e. The van der Waals surface area contributed by atoms with Gasteiger partial charge in [-0.25, -0.2) is 0 Å². The maximum atomic E-state index is 13.5. The maximum Gasteiger partial charge on any atom is 0.416 e. The molecular weight excluding hydrogens is 501 g/mol. The number of thiocarbonyl (C=S) groups is 1. The van der Waals surface area contributed by atoms with Crippen LogP contribution in [0.5, 0.6) is 0 Å². The monoisotopic (exact) mass is 518 g/mol. The molecule has 0 N–H and O–H groups in total. The van der Waals surface area contributed by atoms with Crippen LogP contribution in [0.3, 0.4) is 0 Å². The van der Waals surface area contributed by atoms with E-state index in [1.54, 1.807) is 60.7 Å². The van der Waals surface area contributed by atoms with Crippen LogP contribution >= 0.6 is 12.2 Å². The predicted octanol–water partition coefficient (Wildman–Crippen LogP) is 6.71. The zero-order valence-electron chi connectivity index (χ0n) is 19.0. The molecule has 5 rings (SSSR count). The lowest BCUT2D eigenvalue weighted by atomic mass is 10.1. The minimum Gasteiger partial charge on any atom is -0.457 e. The summed E-state index contributed by atoms with van der Waals surface area (Å²) in [6.07, 6.45) is -3.23. The average molecular weight is 519 g/mol. The number of anilines is 2. The summed E-state index contributed by atoms with van der Waals surface area (Å²) in [6.45, 7) is 0. The highest BCUT2D eigenvalue weighted by Crippen LogP contribution is 2.34. The van der Waals surface area contributed by atoms with Crippen LogP contribution in [0, 0.1) is 0 Å². The lowest BCUT2D eigenvalue weighted by Crippen LogP contribution is -2.56. The number of hydrogen-bond donors (Lipinski definition) is 0. The van der Waals surface area contributed by atoms with E-state index in [-0.39, 0.29) is 27.8 Å². The van der Waals surface area contributed by atoms with Gasteiger partial charge in [0.2, 0.25) is 0 Å². The van der Waals surface area contributed by atoms with Gasteiger partial charge in [0.25, 0.3) is 11.8 Å². The van der Waals surface area contributed by atoms with Gasteiger partial charge in [-0.3, -0.25) is 19.4 Å². The normalized spacial score (nSPS) is 14.4. The number of carbonyl (C=O) groups is 2. The molecule has 184 valence electrons. The second kappa shape index (κ2) is 9.51. The Labute approximate surface area is 215 Å². The van der Waals surface area contributed by atoms with Crippen molar-refractivity contribution in [1.82, 2.24) is 0 Å². The van der Waals surface area contributed by atoms with Crippen molar-refractivity contribution in [1.29, 1.82) is 0 Å². The largest absolute Gasteiger partial charge is 0.457 e. The molecule has 2 amide bonds. The zero-order chi connectivity index (χ0) is 26.2. The number of amides is 2. The number of benzene rings is 3. The van der Waals surface area contributed by atoms with Crippen molar-refractivity contribution in [2.45, 2.75) is 6.18 Å². The molecule has 0 spiro atoms. The van der Waals surface area contributed by atoms with E-state index in [2.05, 4.69) is 0 Å². The number of alkyl halides is 3. The van der Waals surface area contributed by atoms with E-state index in [0.29, 0.717) is 11.4 Å². The van der Waals surface area contributed by atoms with Crippen LogP contribution in [0.25, 0.3) is 17.4 Å². The lowest BCUT2D eigenvalue weighted by molar-refractivity contribution is -0.137. The molecule has 0 bridgehead atoms. The van der Waals surface area contributed by atoms with Crippen molar-refractivity contribution in [3.8, 4) is 11.3 Å². The van der Waals surface area contributed by atoms with E-state index in [0.717, 1.165) is 12.1 Å². The predicted molar refractivity (Wildman–Crippen MR) is 138 cm³/mol. The molecule has 0 radical (unpaired) electrons. The molecule has 0 aliphatic carbocycles. The highest BCUT2D eigenvalue weighted by molar-refractivity contribution is 7.81. The van der Waals surface area contributed by atoms with E-state index < -0.39 is 23.6 Å². The van der Waals surface area contributed by atoms with Crippen LogP contribution in [-0.2, 0) is 15.8 Å². The molecule has 1 fully saturated rings. The third-order valence-corrected chi connectivity index (χ3v) is 6.03. The molecule has 0 unspecified atom stereocenters. The first-order valence-corrected chi connectivity index (χ1v) is 11.5. The Hall–Kier alpha value is -4.50. The van der Waals surface area contributed by atoms with Gasteiger partial charge in [0, 0.05) is 5.56 Å². The van der Waals surface area contributed by atoms with Crippen LogP contribution in [-0.4, -0.2) is 16.9 Å².